The van der Waals surface area contributed by atoms with Crippen LogP contribution in [0.4, 0.5) is 0 Å². The van der Waals surface area contributed by atoms with Crippen molar-refractivity contribution >= 4 is 6.29 Å². The third kappa shape index (κ3) is 3.42. The van der Waals surface area contributed by atoms with E-state index in [1.807, 2.05) is 46.1 Å². The Bertz CT molecular complexity index is 408. The van der Waals surface area contributed by atoms with E-state index >= 15 is 0 Å². The normalized spacial score (nSPS) is 11.1. The van der Waals surface area contributed by atoms with Crippen molar-refractivity contribution in [1.29, 1.82) is 0 Å². The third-order valence-corrected chi connectivity index (χ3v) is 2.06. The Balaban J connectivity index is 2.90. The number of rotatable bonds is 4. The summed E-state index contributed by atoms with van der Waals surface area (Å²) in [4.78, 5) is 12.6. The first kappa shape index (κ1) is 12.3. The van der Waals surface area contributed by atoms with Crippen LogP contribution in [0.15, 0.2) is 30.2 Å². The van der Waals surface area contributed by atoms with Gasteiger partial charge in [-0.3, -0.25) is 4.79 Å². The van der Waals surface area contributed by atoms with E-state index in [4.69, 9.17) is 4.74 Å². The molecule has 0 bridgehead atoms. The molecule has 0 aliphatic carbocycles. The molecule has 3 nitrogen and oxygen atoms in total. The maximum atomic E-state index is 10.8. The highest BCUT2D eigenvalue weighted by Gasteiger charge is 2.03. The minimum atomic E-state index is 0.303. The van der Waals surface area contributed by atoms with Gasteiger partial charge in [0.1, 0.15) is 5.75 Å². The quantitative estimate of drug-likeness (QED) is 0.442. The minimum absolute atomic E-state index is 0.303. The Labute approximate surface area is 96.3 Å². The number of nitrogens with zero attached hydrogens (tertiary/aromatic N) is 1. The largest absolute Gasteiger partial charge is 0.452 e. The molecule has 16 heavy (non-hydrogen) atoms. The number of hydrogen-bond acceptors (Lipinski definition) is 3. The molecule has 1 rings (SSSR count). The van der Waals surface area contributed by atoms with Gasteiger partial charge in [0.2, 0.25) is 0 Å². The molecule has 0 atom stereocenters. The number of carbonyl (C=O) groups is 1. The van der Waals surface area contributed by atoms with Gasteiger partial charge >= 0.3 is 0 Å². The molecule has 0 fully saturated rings. The summed E-state index contributed by atoms with van der Waals surface area (Å²) in [5.74, 6) is 1.02. The SMILES string of the molecule is Cc1ccc(O/C(C=O)=C\N(C)C)c(C)c1. The predicted octanol–water partition coefficient (Wildman–Crippen LogP) is 2.28. The second kappa shape index (κ2) is 5.35. The first-order valence-electron chi connectivity index (χ1n) is 5.11. The van der Waals surface area contributed by atoms with Crippen molar-refractivity contribution in [1.82, 2.24) is 4.90 Å². The highest BCUT2D eigenvalue weighted by Crippen LogP contribution is 2.20. The Morgan fingerprint density at radius 3 is 2.50 bits per heavy atom. The van der Waals surface area contributed by atoms with Crippen LogP contribution in [0.2, 0.25) is 0 Å². The van der Waals surface area contributed by atoms with Crippen LogP contribution in [0.1, 0.15) is 11.1 Å². The molecule has 0 N–H and O–H groups in total. The van der Waals surface area contributed by atoms with Crippen molar-refractivity contribution in [3.8, 4) is 5.75 Å². The lowest BCUT2D eigenvalue weighted by atomic mass is 10.1. The highest BCUT2D eigenvalue weighted by molar-refractivity contribution is 5.71. The van der Waals surface area contributed by atoms with E-state index in [1.165, 1.54) is 5.56 Å². The molecule has 0 aromatic heterocycles. The fourth-order valence-corrected chi connectivity index (χ4v) is 1.38. The van der Waals surface area contributed by atoms with E-state index in [-0.39, 0.29) is 0 Å². The van der Waals surface area contributed by atoms with E-state index in [0.717, 1.165) is 5.56 Å². The summed E-state index contributed by atoms with van der Waals surface area (Å²) in [6.45, 7) is 3.98. The number of ether oxygens (including phenoxy) is 1. The molecule has 1 aromatic carbocycles. The van der Waals surface area contributed by atoms with Gasteiger partial charge in [-0.25, -0.2) is 0 Å². The second-order valence-electron chi connectivity index (χ2n) is 3.98. The lowest BCUT2D eigenvalue weighted by Gasteiger charge is -2.11. The summed E-state index contributed by atoms with van der Waals surface area (Å²) >= 11 is 0. The van der Waals surface area contributed by atoms with Gasteiger partial charge in [0.05, 0.1) is 0 Å². The van der Waals surface area contributed by atoms with Gasteiger partial charge in [0.25, 0.3) is 0 Å². The van der Waals surface area contributed by atoms with Gasteiger partial charge in [-0.05, 0) is 25.5 Å². The zero-order chi connectivity index (χ0) is 12.1. The number of aryl methyl sites for hydroxylation is 2. The van der Waals surface area contributed by atoms with E-state index < -0.39 is 0 Å². The van der Waals surface area contributed by atoms with Crippen LogP contribution < -0.4 is 4.74 Å². The number of hydrogen-bond donors (Lipinski definition) is 0. The Morgan fingerprint density at radius 1 is 1.31 bits per heavy atom. The van der Waals surface area contributed by atoms with Crippen LogP contribution >= 0.6 is 0 Å². The van der Waals surface area contributed by atoms with Crippen molar-refractivity contribution in [3.63, 3.8) is 0 Å². The molecule has 0 heterocycles. The van der Waals surface area contributed by atoms with E-state index in [9.17, 15) is 4.79 Å². The average molecular weight is 219 g/mol. The minimum Gasteiger partial charge on any atom is -0.452 e. The number of benzene rings is 1. The maximum absolute atomic E-state index is 10.8. The molecule has 0 saturated carbocycles. The third-order valence-electron chi connectivity index (χ3n) is 2.06. The molecule has 0 aliphatic rings. The molecule has 0 unspecified atom stereocenters. The van der Waals surface area contributed by atoms with E-state index in [0.29, 0.717) is 17.8 Å². The fourth-order valence-electron chi connectivity index (χ4n) is 1.38. The maximum Gasteiger partial charge on any atom is 0.186 e. The first-order chi connectivity index (χ1) is 7.52. The summed E-state index contributed by atoms with van der Waals surface area (Å²) in [7, 11) is 3.68. The lowest BCUT2D eigenvalue weighted by Crippen LogP contribution is -2.07. The van der Waals surface area contributed by atoms with Crippen molar-refractivity contribution in [2.24, 2.45) is 0 Å². The van der Waals surface area contributed by atoms with Gasteiger partial charge in [-0.15, -0.1) is 0 Å². The monoisotopic (exact) mass is 219 g/mol. The zero-order valence-corrected chi connectivity index (χ0v) is 10.2. The summed E-state index contributed by atoms with van der Waals surface area (Å²) in [5.41, 5.74) is 2.19. The van der Waals surface area contributed by atoms with Crippen molar-refractivity contribution in [2.45, 2.75) is 13.8 Å². The smallest absolute Gasteiger partial charge is 0.186 e. The average Bonchev–Trinajstić information content (AvgIpc) is 2.20. The molecule has 1 aromatic rings. The first-order valence-corrected chi connectivity index (χ1v) is 5.11. The summed E-state index contributed by atoms with van der Waals surface area (Å²) in [6, 6.07) is 5.85. The van der Waals surface area contributed by atoms with Crippen molar-refractivity contribution in [2.75, 3.05) is 14.1 Å². The van der Waals surface area contributed by atoms with Crippen LogP contribution in [0.3, 0.4) is 0 Å². The molecule has 3 heteroatoms. The van der Waals surface area contributed by atoms with E-state index in [2.05, 4.69) is 0 Å². The van der Waals surface area contributed by atoms with Crippen molar-refractivity contribution < 1.29 is 9.53 Å². The molecule has 0 spiro atoms. The van der Waals surface area contributed by atoms with Crippen molar-refractivity contribution in [3.05, 3.63) is 41.3 Å². The molecule has 86 valence electrons. The predicted molar refractivity (Wildman–Crippen MR) is 64.4 cm³/mol. The Hall–Kier alpha value is -1.77. The van der Waals surface area contributed by atoms with Gasteiger partial charge in [-0.2, -0.15) is 0 Å². The molecular weight excluding hydrogens is 202 g/mol. The van der Waals surface area contributed by atoms with E-state index in [1.54, 1.807) is 11.1 Å². The van der Waals surface area contributed by atoms with Crippen LogP contribution in [0.5, 0.6) is 5.75 Å². The summed E-state index contributed by atoms with van der Waals surface area (Å²) in [6.07, 6.45) is 2.35. The number of allylic oxidation sites excluding steroid dienone is 1. The van der Waals surface area contributed by atoms with Crippen LogP contribution in [-0.2, 0) is 4.79 Å². The van der Waals surface area contributed by atoms with Crippen LogP contribution in [0.25, 0.3) is 0 Å². The zero-order valence-electron chi connectivity index (χ0n) is 10.2. The molecule has 0 amide bonds. The van der Waals surface area contributed by atoms with Gasteiger partial charge in [0, 0.05) is 20.3 Å². The highest BCUT2D eigenvalue weighted by atomic mass is 16.5. The summed E-state index contributed by atoms with van der Waals surface area (Å²) in [5, 5.41) is 0. The lowest BCUT2D eigenvalue weighted by molar-refractivity contribution is -0.106. The molecule has 0 aliphatic heterocycles. The topological polar surface area (TPSA) is 29.5 Å². The molecule has 0 saturated heterocycles. The number of aldehydes is 1. The standard InChI is InChI=1S/C13H17NO2/c1-10-5-6-13(11(2)7-10)16-12(9-15)8-14(3)4/h5-9H,1-4H3/b12-8-. The Morgan fingerprint density at radius 2 is 2.00 bits per heavy atom. The van der Waals surface area contributed by atoms with Gasteiger partial charge < -0.3 is 9.64 Å². The summed E-state index contributed by atoms with van der Waals surface area (Å²) < 4.78 is 5.51. The van der Waals surface area contributed by atoms with Gasteiger partial charge in [0.15, 0.2) is 12.0 Å². The number of carbonyl (C=O) groups excluding carboxylic acids is 1. The second-order valence-corrected chi connectivity index (χ2v) is 3.98. The fraction of sp³-hybridized carbons (Fsp3) is 0.308. The molecule has 0 radical (unpaired) electrons. The molecular formula is C13H17NO2. The van der Waals surface area contributed by atoms with Gasteiger partial charge in [-0.1, -0.05) is 17.7 Å². The van der Waals surface area contributed by atoms with Crippen LogP contribution in [-0.4, -0.2) is 25.3 Å². The van der Waals surface area contributed by atoms with Crippen LogP contribution in [0, 0.1) is 13.8 Å². The Kier molecular flexibility index (Phi) is 4.11.